The molecule has 1 aromatic carbocycles. The summed E-state index contributed by atoms with van der Waals surface area (Å²) in [6, 6.07) is 10.4. The van der Waals surface area contributed by atoms with Gasteiger partial charge in [0.2, 0.25) is 5.95 Å². The van der Waals surface area contributed by atoms with Crippen LogP contribution in [0.5, 0.6) is 0 Å². The third-order valence-electron chi connectivity index (χ3n) is 4.74. The van der Waals surface area contributed by atoms with Crippen molar-refractivity contribution < 1.29 is 0 Å². The fourth-order valence-electron chi connectivity index (χ4n) is 3.12. The van der Waals surface area contributed by atoms with E-state index in [0.717, 1.165) is 50.8 Å². The first-order chi connectivity index (χ1) is 12.8. The molecule has 0 radical (unpaired) electrons. The zero-order chi connectivity index (χ0) is 17.8. The van der Waals surface area contributed by atoms with E-state index in [0.29, 0.717) is 0 Å². The molecule has 2 aromatic heterocycles. The Morgan fingerprint density at radius 2 is 1.73 bits per heavy atom. The molecule has 0 aliphatic carbocycles. The van der Waals surface area contributed by atoms with Gasteiger partial charge in [-0.05, 0) is 12.0 Å². The number of hydrogen-bond acceptors (Lipinski definition) is 6. The highest BCUT2D eigenvalue weighted by Gasteiger charge is 2.20. The van der Waals surface area contributed by atoms with E-state index in [9.17, 15) is 0 Å². The Kier molecular flexibility index (Phi) is 5.22. The van der Waals surface area contributed by atoms with Gasteiger partial charge in [-0.15, -0.1) is 11.3 Å². The smallest absolute Gasteiger partial charge is 0.225 e. The summed E-state index contributed by atoms with van der Waals surface area (Å²) in [6.07, 6.45) is 4.86. The predicted octanol–water partition coefficient (Wildman–Crippen LogP) is 3.48. The van der Waals surface area contributed by atoms with Crippen molar-refractivity contribution in [2.75, 3.05) is 31.1 Å². The molecule has 6 heteroatoms. The number of nitrogens with zero attached hydrogens (tertiary/aromatic N) is 5. The number of piperazine rings is 1. The first kappa shape index (κ1) is 17.1. The van der Waals surface area contributed by atoms with Gasteiger partial charge in [0.05, 0.1) is 12.2 Å². The molecular weight excluding hydrogens is 342 g/mol. The molecule has 1 aliphatic heterocycles. The van der Waals surface area contributed by atoms with Crippen LogP contribution in [0.2, 0.25) is 0 Å². The maximum atomic E-state index is 4.81. The molecule has 0 atom stereocenters. The van der Waals surface area contributed by atoms with Gasteiger partial charge in [0.1, 0.15) is 5.01 Å². The van der Waals surface area contributed by atoms with Crippen LogP contribution in [0, 0.1) is 0 Å². The van der Waals surface area contributed by atoms with Gasteiger partial charge in [0.15, 0.2) is 0 Å². The zero-order valence-corrected chi connectivity index (χ0v) is 15.8. The van der Waals surface area contributed by atoms with E-state index in [2.05, 4.69) is 56.3 Å². The Hall–Kier alpha value is -2.31. The molecule has 0 bridgehead atoms. The molecule has 134 valence electrons. The van der Waals surface area contributed by atoms with Gasteiger partial charge in [-0.25, -0.2) is 15.0 Å². The minimum atomic E-state index is 0.850. The fraction of sp³-hybridized carbons (Fsp3) is 0.350. The lowest BCUT2D eigenvalue weighted by Gasteiger charge is -2.34. The van der Waals surface area contributed by atoms with E-state index in [4.69, 9.17) is 4.98 Å². The summed E-state index contributed by atoms with van der Waals surface area (Å²) >= 11 is 1.75. The maximum absolute atomic E-state index is 4.81. The topological polar surface area (TPSA) is 45.2 Å². The number of aryl methyl sites for hydroxylation is 1. The molecule has 1 saturated heterocycles. The number of rotatable bonds is 5. The monoisotopic (exact) mass is 365 g/mol. The minimum absolute atomic E-state index is 0.850. The normalized spacial score (nSPS) is 15.3. The second-order valence-electron chi connectivity index (χ2n) is 6.50. The van der Waals surface area contributed by atoms with Gasteiger partial charge in [-0.1, -0.05) is 37.3 Å². The van der Waals surface area contributed by atoms with Crippen molar-refractivity contribution in [3.63, 3.8) is 0 Å². The van der Waals surface area contributed by atoms with E-state index in [1.807, 2.05) is 18.5 Å². The minimum Gasteiger partial charge on any atom is -0.338 e. The summed E-state index contributed by atoms with van der Waals surface area (Å²) < 4.78 is 0. The van der Waals surface area contributed by atoms with Crippen molar-refractivity contribution in [2.24, 2.45) is 0 Å². The number of hydrogen-bond donors (Lipinski definition) is 0. The van der Waals surface area contributed by atoms with Gasteiger partial charge in [0, 0.05) is 49.5 Å². The molecule has 3 heterocycles. The maximum Gasteiger partial charge on any atom is 0.225 e. The third-order valence-corrected chi connectivity index (χ3v) is 5.57. The second-order valence-corrected chi connectivity index (χ2v) is 7.44. The van der Waals surface area contributed by atoms with Gasteiger partial charge >= 0.3 is 0 Å². The summed E-state index contributed by atoms with van der Waals surface area (Å²) in [4.78, 5) is 18.6. The lowest BCUT2D eigenvalue weighted by atomic mass is 10.2. The molecule has 0 amide bonds. The fourth-order valence-corrected chi connectivity index (χ4v) is 3.96. The highest BCUT2D eigenvalue weighted by atomic mass is 32.1. The van der Waals surface area contributed by atoms with Crippen molar-refractivity contribution in [2.45, 2.75) is 19.9 Å². The largest absolute Gasteiger partial charge is 0.338 e. The van der Waals surface area contributed by atoms with Crippen molar-refractivity contribution in [3.8, 4) is 11.3 Å². The van der Waals surface area contributed by atoms with Crippen molar-refractivity contribution in [1.82, 2.24) is 19.9 Å². The van der Waals surface area contributed by atoms with Gasteiger partial charge in [-0.3, -0.25) is 4.90 Å². The predicted molar refractivity (Wildman–Crippen MR) is 106 cm³/mol. The van der Waals surface area contributed by atoms with Crippen LogP contribution >= 0.6 is 11.3 Å². The average Bonchev–Trinajstić information content (AvgIpc) is 3.18. The van der Waals surface area contributed by atoms with E-state index in [1.165, 1.54) is 16.1 Å². The van der Waals surface area contributed by atoms with Crippen LogP contribution in [0.1, 0.15) is 17.5 Å². The van der Waals surface area contributed by atoms with Crippen LogP contribution in [0.15, 0.2) is 48.1 Å². The molecule has 0 N–H and O–H groups in total. The first-order valence-electron chi connectivity index (χ1n) is 9.10. The van der Waals surface area contributed by atoms with Crippen LogP contribution in [0.3, 0.4) is 0 Å². The van der Waals surface area contributed by atoms with Crippen molar-refractivity contribution >= 4 is 17.3 Å². The first-order valence-corrected chi connectivity index (χ1v) is 9.98. The van der Waals surface area contributed by atoms with Crippen LogP contribution < -0.4 is 4.90 Å². The SMILES string of the molecule is CCc1cnc(N2CCN(Cc3nc(-c4ccccc4)cs3)CC2)nc1. The molecule has 4 rings (SSSR count). The number of benzene rings is 1. The van der Waals surface area contributed by atoms with E-state index < -0.39 is 0 Å². The lowest BCUT2D eigenvalue weighted by molar-refractivity contribution is 0.248. The molecule has 26 heavy (non-hydrogen) atoms. The summed E-state index contributed by atoms with van der Waals surface area (Å²) in [5, 5.41) is 3.34. The third kappa shape index (κ3) is 3.92. The van der Waals surface area contributed by atoms with Crippen LogP contribution in [0.25, 0.3) is 11.3 Å². The Bertz CT molecular complexity index is 823. The number of thiazole rings is 1. The van der Waals surface area contributed by atoms with Gasteiger partial charge in [-0.2, -0.15) is 0 Å². The quantitative estimate of drug-likeness (QED) is 0.693. The molecule has 1 aliphatic rings. The Labute approximate surface area is 158 Å². The molecular formula is C20H23N5S. The molecule has 3 aromatic rings. The summed E-state index contributed by atoms with van der Waals surface area (Å²) in [6.45, 7) is 6.99. The van der Waals surface area contributed by atoms with Crippen molar-refractivity contribution in [3.05, 3.63) is 58.7 Å². The molecule has 0 spiro atoms. The van der Waals surface area contributed by atoms with Gasteiger partial charge < -0.3 is 4.90 Å². The van der Waals surface area contributed by atoms with Crippen molar-refractivity contribution in [1.29, 1.82) is 0 Å². The molecule has 0 saturated carbocycles. The van der Waals surface area contributed by atoms with E-state index >= 15 is 0 Å². The Morgan fingerprint density at radius 3 is 2.42 bits per heavy atom. The number of anilines is 1. The summed E-state index contributed by atoms with van der Waals surface area (Å²) in [5.74, 6) is 0.850. The highest BCUT2D eigenvalue weighted by Crippen LogP contribution is 2.23. The molecule has 1 fully saturated rings. The Morgan fingerprint density at radius 1 is 1.00 bits per heavy atom. The number of aromatic nitrogens is 3. The van der Waals surface area contributed by atoms with E-state index in [1.54, 1.807) is 11.3 Å². The van der Waals surface area contributed by atoms with Crippen LogP contribution in [-0.4, -0.2) is 46.0 Å². The van der Waals surface area contributed by atoms with Gasteiger partial charge in [0.25, 0.3) is 0 Å². The standard InChI is InChI=1S/C20H23N5S/c1-2-16-12-21-20(22-13-16)25-10-8-24(9-11-25)14-19-23-18(15-26-19)17-6-4-3-5-7-17/h3-7,12-13,15H,2,8-11,14H2,1H3. The second kappa shape index (κ2) is 7.93. The average molecular weight is 366 g/mol. The Balaban J connectivity index is 1.33. The molecule has 5 nitrogen and oxygen atoms in total. The highest BCUT2D eigenvalue weighted by molar-refractivity contribution is 7.09. The zero-order valence-electron chi connectivity index (χ0n) is 15.0. The summed E-state index contributed by atoms with van der Waals surface area (Å²) in [5.41, 5.74) is 3.45. The van der Waals surface area contributed by atoms with Crippen LogP contribution in [-0.2, 0) is 13.0 Å². The van der Waals surface area contributed by atoms with Crippen LogP contribution in [0.4, 0.5) is 5.95 Å². The molecule has 0 unspecified atom stereocenters. The lowest BCUT2D eigenvalue weighted by Crippen LogP contribution is -2.46. The summed E-state index contributed by atoms with van der Waals surface area (Å²) in [7, 11) is 0. The van der Waals surface area contributed by atoms with E-state index in [-0.39, 0.29) is 0 Å².